The molecule has 0 unspecified atom stereocenters. The van der Waals surface area contributed by atoms with Crippen molar-refractivity contribution in [3.05, 3.63) is 41.1 Å². The lowest BCUT2D eigenvalue weighted by Gasteiger charge is -2.17. The maximum absolute atomic E-state index is 12.4. The Hall–Kier alpha value is -2.70. The van der Waals surface area contributed by atoms with Gasteiger partial charge in [-0.25, -0.2) is 18.9 Å². The molecule has 2 aromatic heterocycles. The van der Waals surface area contributed by atoms with Gasteiger partial charge >= 0.3 is 5.69 Å². The molecule has 0 aliphatic carbocycles. The first-order valence-corrected chi connectivity index (χ1v) is 7.26. The summed E-state index contributed by atoms with van der Waals surface area (Å²) in [5.74, 6) is -0.118. The number of rotatable bonds is 4. The van der Waals surface area contributed by atoms with Crippen molar-refractivity contribution in [1.29, 1.82) is 0 Å². The molecule has 0 aliphatic heterocycles. The summed E-state index contributed by atoms with van der Waals surface area (Å²) in [7, 11) is 0. The number of carbonyl (C=O) groups excluding carboxylic acids is 1. The van der Waals surface area contributed by atoms with Crippen LogP contribution in [0.4, 0.5) is 0 Å². The molecule has 7 nitrogen and oxygen atoms in total. The van der Waals surface area contributed by atoms with E-state index in [0.717, 1.165) is 10.9 Å². The lowest BCUT2D eigenvalue weighted by molar-refractivity contribution is -0.131. The van der Waals surface area contributed by atoms with Crippen LogP contribution in [-0.4, -0.2) is 43.1 Å². The molecule has 0 bridgehead atoms. The average molecular weight is 299 g/mol. The van der Waals surface area contributed by atoms with Gasteiger partial charge in [0.25, 0.3) is 0 Å². The van der Waals surface area contributed by atoms with Gasteiger partial charge in [0.05, 0.1) is 5.52 Å². The van der Waals surface area contributed by atoms with Gasteiger partial charge in [-0.05, 0) is 26.0 Å². The Morgan fingerprint density at radius 3 is 2.68 bits per heavy atom. The van der Waals surface area contributed by atoms with Crippen molar-refractivity contribution in [2.75, 3.05) is 13.1 Å². The third-order valence-electron chi connectivity index (χ3n) is 3.73. The van der Waals surface area contributed by atoms with Crippen molar-refractivity contribution in [2.45, 2.75) is 20.4 Å². The first-order valence-electron chi connectivity index (χ1n) is 7.26. The molecule has 114 valence electrons. The van der Waals surface area contributed by atoms with Gasteiger partial charge in [-0.3, -0.25) is 4.79 Å². The normalized spacial score (nSPS) is 11.2. The monoisotopic (exact) mass is 299 g/mol. The zero-order valence-corrected chi connectivity index (χ0v) is 12.6. The number of amides is 1. The summed E-state index contributed by atoms with van der Waals surface area (Å²) in [6.45, 7) is 4.98. The molecule has 0 spiro atoms. The first-order chi connectivity index (χ1) is 10.7. The largest absolute Gasteiger partial charge is 0.352 e. The Kier molecular flexibility index (Phi) is 3.62. The fourth-order valence-electron chi connectivity index (χ4n) is 2.51. The van der Waals surface area contributed by atoms with Gasteiger partial charge in [0.2, 0.25) is 5.91 Å². The fourth-order valence-corrected chi connectivity index (χ4v) is 2.51. The van der Waals surface area contributed by atoms with Crippen LogP contribution in [0.15, 0.2) is 35.4 Å². The predicted molar refractivity (Wildman–Crippen MR) is 82.7 cm³/mol. The number of carbonyl (C=O) groups is 1. The highest BCUT2D eigenvalue weighted by Gasteiger charge is 2.16. The molecule has 3 aromatic rings. The smallest absolute Gasteiger partial charge is 0.342 e. The first kappa shape index (κ1) is 14.2. The summed E-state index contributed by atoms with van der Waals surface area (Å²) in [6, 6.07) is 7.47. The summed E-state index contributed by atoms with van der Waals surface area (Å²) >= 11 is 0. The number of aromatic nitrogens is 4. The van der Waals surface area contributed by atoms with E-state index in [1.54, 1.807) is 4.90 Å². The lowest BCUT2D eigenvalue weighted by atomic mass is 10.2. The van der Waals surface area contributed by atoms with Gasteiger partial charge in [-0.15, -0.1) is 5.10 Å². The second kappa shape index (κ2) is 5.59. The van der Waals surface area contributed by atoms with Crippen molar-refractivity contribution >= 4 is 22.5 Å². The van der Waals surface area contributed by atoms with Crippen LogP contribution >= 0.6 is 0 Å². The van der Waals surface area contributed by atoms with Crippen LogP contribution in [0.5, 0.6) is 0 Å². The van der Waals surface area contributed by atoms with Crippen LogP contribution in [0, 0.1) is 0 Å². The molecule has 0 N–H and O–H groups in total. The van der Waals surface area contributed by atoms with E-state index in [1.807, 2.05) is 38.1 Å². The molecule has 1 aromatic carbocycles. The minimum absolute atomic E-state index is 0.0590. The number of nitrogens with zero attached hydrogens (tertiary/aromatic N) is 5. The highest BCUT2D eigenvalue weighted by Crippen LogP contribution is 2.14. The number of hydrogen-bond donors (Lipinski definition) is 0. The fraction of sp³-hybridized carbons (Fsp3) is 0.333. The van der Waals surface area contributed by atoms with E-state index >= 15 is 0 Å². The number of fused-ring (bicyclic) bond motifs is 3. The molecule has 0 fully saturated rings. The van der Waals surface area contributed by atoms with Gasteiger partial charge < -0.3 is 4.90 Å². The molecule has 0 aliphatic rings. The molecule has 0 atom stereocenters. The van der Waals surface area contributed by atoms with Gasteiger partial charge in [0.1, 0.15) is 12.9 Å². The Labute approximate surface area is 126 Å². The van der Waals surface area contributed by atoms with Crippen LogP contribution in [0.2, 0.25) is 0 Å². The predicted octanol–water partition coefficient (Wildman–Crippen LogP) is 0.913. The van der Waals surface area contributed by atoms with E-state index in [2.05, 4.69) is 10.1 Å². The summed E-state index contributed by atoms with van der Waals surface area (Å²) in [5, 5.41) is 5.10. The van der Waals surface area contributed by atoms with E-state index in [4.69, 9.17) is 0 Å². The number of benzene rings is 1. The van der Waals surface area contributed by atoms with E-state index in [1.165, 1.54) is 15.4 Å². The van der Waals surface area contributed by atoms with Crippen LogP contribution in [0.1, 0.15) is 13.8 Å². The lowest BCUT2D eigenvalue weighted by Crippen LogP contribution is -2.36. The molecule has 22 heavy (non-hydrogen) atoms. The Bertz CT molecular complexity index is 892. The van der Waals surface area contributed by atoms with Crippen LogP contribution in [-0.2, 0) is 11.3 Å². The van der Waals surface area contributed by atoms with Crippen molar-refractivity contribution in [3.8, 4) is 0 Å². The van der Waals surface area contributed by atoms with Gasteiger partial charge in [0, 0.05) is 18.5 Å². The molecular formula is C15H17N5O2. The summed E-state index contributed by atoms with van der Waals surface area (Å²) in [4.78, 5) is 30.4. The van der Waals surface area contributed by atoms with Crippen LogP contribution < -0.4 is 5.69 Å². The quantitative estimate of drug-likeness (QED) is 0.718. The summed E-state index contributed by atoms with van der Waals surface area (Å²) in [5.41, 5.74) is 0.930. The van der Waals surface area contributed by atoms with Crippen molar-refractivity contribution < 1.29 is 4.79 Å². The molecule has 1 amide bonds. The average Bonchev–Trinajstić information content (AvgIpc) is 2.85. The van der Waals surface area contributed by atoms with E-state index < -0.39 is 0 Å². The highest BCUT2D eigenvalue weighted by molar-refractivity contribution is 5.90. The molecule has 0 saturated heterocycles. The topological polar surface area (TPSA) is 72.5 Å². The number of likely N-dealkylation sites (N-methyl/N-ethyl adjacent to an activating group) is 1. The maximum atomic E-state index is 12.4. The van der Waals surface area contributed by atoms with E-state index in [-0.39, 0.29) is 18.1 Å². The zero-order valence-electron chi connectivity index (χ0n) is 12.6. The van der Waals surface area contributed by atoms with E-state index in [9.17, 15) is 9.59 Å². The summed E-state index contributed by atoms with van der Waals surface area (Å²) in [6.07, 6.45) is 1.45. The van der Waals surface area contributed by atoms with Crippen molar-refractivity contribution in [3.63, 3.8) is 0 Å². The van der Waals surface area contributed by atoms with Gasteiger partial charge in [0.15, 0.2) is 5.65 Å². The Morgan fingerprint density at radius 2 is 1.95 bits per heavy atom. The SMILES string of the molecule is CCN(CC)C(=O)Cn1nc2c3ccccc3ncn2c1=O. The zero-order chi connectivity index (χ0) is 15.7. The molecule has 0 saturated carbocycles. The van der Waals surface area contributed by atoms with Crippen LogP contribution in [0.3, 0.4) is 0 Å². The van der Waals surface area contributed by atoms with Crippen molar-refractivity contribution in [1.82, 2.24) is 24.1 Å². The van der Waals surface area contributed by atoms with Gasteiger partial charge in [-0.1, -0.05) is 12.1 Å². The molecular weight excluding hydrogens is 282 g/mol. The summed E-state index contributed by atoms with van der Waals surface area (Å²) < 4.78 is 2.57. The number of para-hydroxylation sites is 1. The third kappa shape index (κ3) is 2.24. The highest BCUT2D eigenvalue weighted by atomic mass is 16.2. The molecule has 7 heteroatoms. The van der Waals surface area contributed by atoms with E-state index in [0.29, 0.717) is 18.7 Å². The second-order valence-electron chi connectivity index (χ2n) is 4.96. The molecule has 2 heterocycles. The minimum atomic E-state index is -0.353. The minimum Gasteiger partial charge on any atom is -0.342 e. The maximum Gasteiger partial charge on any atom is 0.352 e. The Morgan fingerprint density at radius 1 is 1.23 bits per heavy atom. The molecule has 0 radical (unpaired) electrons. The second-order valence-corrected chi connectivity index (χ2v) is 4.96. The van der Waals surface area contributed by atoms with Crippen molar-refractivity contribution in [2.24, 2.45) is 0 Å². The van der Waals surface area contributed by atoms with Crippen LogP contribution in [0.25, 0.3) is 16.6 Å². The molecule has 3 rings (SSSR count). The van der Waals surface area contributed by atoms with Gasteiger partial charge in [-0.2, -0.15) is 0 Å². The Balaban J connectivity index is 2.08. The third-order valence-corrected chi connectivity index (χ3v) is 3.73. The standard InChI is InChI=1S/C15H17N5O2/c1-3-18(4-2)13(21)9-20-15(22)19-10-16-12-8-6-5-7-11(12)14(19)17-20/h5-8,10H,3-4,9H2,1-2H3. The number of hydrogen-bond acceptors (Lipinski definition) is 4.